The predicted molar refractivity (Wildman–Crippen MR) is 89.9 cm³/mol. The fourth-order valence-electron chi connectivity index (χ4n) is 2.25. The minimum absolute atomic E-state index is 0.00692. The first-order valence-electron chi connectivity index (χ1n) is 7.38. The quantitative estimate of drug-likeness (QED) is 0.693. The molecule has 0 radical (unpaired) electrons. The van der Waals surface area contributed by atoms with E-state index in [0.717, 1.165) is 12.1 Å². The van der Waals surface area contributed by atoms with Crippen LogP contribution in [-0.2, 0) is 6.54 Å². The van der Waals surface area contributed by atoms with Gasteiger partial charge in [0.15, 0.2) is 17.4 Å². The standard InChI is InChI=1S/C17H15F2N5O/c1-25-15-9-23-16(14-4-2-3-5-21-14)24-17(15)22-8-11-12(19)6-10(18)7-13(11)20/h2-7,9H,8,20H2,1H3,(H,22,23,24). The zero-order valence-electron chi connectivity index (χ0n) is 13.3. The number of aromatic nitrogens is 3. The SMILES string of the molecule is COc1cnc(-c2ccccn2)nc1NCc1c(N)cc(F)cc1F. The summed E-state index contributed by atoms with van der Waals surface area (Å²) in [7, 11) is 1.47. The molecule has 1 aromatic carbocycles. The highest BCUT2D eigenvalue weighted by molar-refractivity contribution is 5.58. The Bertz CT molecular complexity index is 866. The van der Waals surface area contributed by atoms with Gasteiger partial charge in [-0.2, -0.15) is 0 Å². The number of halogens is 2. The van der Waals surface area contributed by atoms with Crippen LogP contribution in [0.3, 0.4) is 0 Å². The van der Waals surface area contributed by atoms with Crippen LogP contribution in [-0.4, -0.2) is 22.1 Å². The summed E-state index contributed by atoms with van der Waals surface area (Å²) < 4.78 is 32.3. The summed E-state index contributed by atoms with van der Waals surface area (Å²) >= 11 is 0. The molecule has 0 spiro atoms. The first-order chi connectivity index (χ1) is 12.1. The number of benzene rings is 1. The minimum atomic E-state index is -0.733. The Hall–Kier alpha value is -3.29. The summed E-state index contributed by atoms with van der Waals surface area (Å²) in [5, 5.41) is 2.95. The molecule has 2 heterocycles. The molecule has 0 bridgehead atoms. The fourth-order valence-corrected chi connectivity index (χ4v) is 2.25. The first-order valence-corrected chi connectivity index (χ1v) is 7.38. The predicted octanol–water partition coefficient (Wildman–Crippen LogP) is 3.02. The molecule has 0 saturated heterocycles. The Labute approximate surface area is 142 Å². The normalized spacial score (nSPS) is 10.5. The van der Waals surface area contributed by atoms with Gasteiger partial charge in [-0.05, 0) is 18.2 Å². The molecule has 0 amide bonds. The lowest BCUT2D eigenvalue weighted by atomic mass is 10.1. The van der Waals surface area contributed by atoms with Crippen molar-refractivity contribution in [2.45, 2.75) is 6.54 Å². The van der Waals surface area contributed by atoms with Crippen molar-refractivity contribution in [1.29, 1.82) is 0 Å². The third-order valence-corrected chi connectivity index (χ3v) is 3.50. The number of hydrogen-bond donors (Lipinski definition) is 2. The van der Waals surface area contributed by atoms with Crippen LogP contribution in [0.4, 0.5) is 20.3 Å². The van der Waals surface area contributed by atoms with Crippen molar-refractivity contribution in [2.24, 2.45) is 0 Å². The van der Waals surface area contributed by atoms with Crippen LogP contribution in [0, 0.1) is 11.6 Å². The maximum atomic E-state index is 13.9. The van der Waals surface area contributed by atoms with Gasteiger partial charge in [-0.3, -0.25) is 4.98 Å². The zero-order chi connectivity index (χ0) is 17.8. The van der Waals surface area contributed by atoms with Gasteiger partial charge in [-0.15, -0.1) is 0 Å². The fraction of sp³-hybridized carbons (Fsp3) is 0.118. The molecule has 0 unspecified atom stereocenters. The van der Waals surface area contributed by atoms with Gasteiger partial charge in [0.1, 0.15) is 17.3 Å². The van der Waals surface area contributed by atoms with E-state index < -0.39 is 11.6 Å². The highest BCUT2D eigenvalue weighted by Gasteiger charge is 2.13. The lowest BCUT2D eigenvalue weighted by Crippen LogP contribution is -2.09. The van der Waals surface area contributed by atoms with E-state index in [1.807, 2.05) is 6.07 Å². The van der Waals surface area contributed by atoms with Crippen molar-refractivity contribution in [2.75, 3.05) is 18.2 Å². The van der Waals surface area contributed by atoms with Gasteiger partial charge in [0.25, 0.3) is 0 Å². The van der Waals surface area contributed by atoms with Crippen molar-refractivity contribution in [3.63, 3.8) is 0 Å². The Kier molecular flexibility index (Phi) is 4.69. The molecule has 0 aliphatic rings. The van der Waals surface area contributed by atoms with E-state index in [-0.39, 0.29) is 17.8 Å². The third-order valence-electron chi connectivity index (χ3n) is 3.50. The summed E-state index contributed by atoms with van der Waals surface area (Å²) in [6, 6.07) is 7.22. The topological polar surface area (TPSA) is 86.0 Å². The van der Waals surface area contributed by atoms with Crippen LogP contribution in [0.5, 0.6) is 5.75 Å². The first kappa shape index (κ1) is 16.6. The van der Waals surface area contributed by atoms with E-state index in [9.17, 15) is 8.78 Å². The van der Waals surface area contributed by atoms with E-state index in [2.05, 4.69) is 20.3 Å². The smallest absolute Gasteiger partial charge is 0.180 e. The second-order valence-electron chi connectivity index (χ2n) is 5.13. The number of nitrogens with one attached hydrogen (secondary N) is 1. The molecule has 3 aromatic rings. The van der Waals surface area contributed by atoms with Crippen molar-refractivity contribution >= 4 is 11.5 Å². The number of nitrogens with zero attached hydrogens (tertiary/aromatic N) is 3. The lowest BCUT2D eigenvalue weighted by molar-refractivity contribution is 0.412. The Balaban J connectivity index is 1.89. The Morgan fingerprint density at radius 2 is 2.04 bits per heavy atom. The molecule has 6 nitrogen and oxygen atoms in total. The van der Waals surface area contributed by atoms with Crippen molar-refractivity contribution in [3.05, 3.63) is 59.9 Å². The van der Waals surface area contributed by atoms with Crippen molar-refractivity contribution in [1.82, 2.24) is 15.0 Å². The average molecular weight is 343 g/mol. The molecule has 3 rings (SSSR count). The second-order valence-corrected chi connectivity index (χ2v) is 5.13. The maximum Gasteiger partial charge on any atom is 0.180 e. The molecule has 0 atom stereocenters. The molecule has 25 heavy (non-hydrogen) atoms. The summed E-state index contributed by atoms with van der Waals surface area (Å²) in [6.45, 7) is 0.00692. The van der Waals surface area contributed by atoms with Gasteiger partial charge in [-0.25, -0.2) is 18.7 Å². The molecule has 2 aromatic heterocycles. The number of nitrogen functional groups attached to an aromatic ring is 1. The Morgan fingerprint density at radius 3 is 2.72 bits per heavy atom. The summed E-state index contributed by atoms with van der Waals surface area (Å²) in [5.41, 5.74) is 6.42. The van der Waals surface area contributed by atoms with Gasteiger partial charge >= 0.3 is 0 Å². The largest absolute Gasteiger partial charge is 0.491 e. The molecule has 128 valence electrons. The van der Waals surface area contributed by atoms with E-state index in [0.29, 0.717) is 23.1 Å². The highest BCUT2D eigenvalue weighted by atomic mass is 19.1. The maximum absolute atomic E-state index is 13.9. The van der Waals surface area contributed by atoms with E-state index >= 15 is 0 Å². The van der Waals surface area contributed by atoms with Gasteiger partial charge in [0.2, 0.25) is 0 Å². The monoisotopic (exact) mass is 343 g/mol. The number of methoxy groups -OCH3 is 1. The van der Waals surface area contributed by atoms with E-state index in [1.54, 1.807) is 18.3 Å². The number of nitrogens with two attached hydrogens (primary N) is 1. The van der Waals surface area contributed by atoms with Crippen molar-refractivity contribution < 1.29 is 13.5 Å². The summed E-state index contributed by atoms with van der Waals surface area (Å²) in [4.78, 5) is 12.7. The number of ether oxygens (including phenoxy) is 1. The van der Waals surface area contributed by atoms with Gasteiger partial charge in [-0.1, -0.05) is 6.07 Å². The van der Waals surface area contributed by atoms with E-state index in [1.165, 1.54) is 13.3 Å². The molecule has 3 N–H and O–H groups in total. The van der Waals surface area contributed by atoms with Crippen LogP contribution in [0.1, 0.15) is 5.56 Å². The molecular formula is C17H15F2N5O. The average Bonchev–Trinajstić information content (AvgIpc) is 2.61. The highest BCUT2D eigenvalue weighted by Crippen LogP contribution is 2.26. The van der Waals surface area contributed by atoms with Gasteiger partial charge < -0.3 is 15.8 Å². The molecule has 0 aliphatic heterocycles. The second kappa shape index (κ2) is 7.08. The lowest BCUT2D eigenvalue weighted by Gasteiger charge is -2.13. The molecule has 0 saturated carbocycles. The number of anilines is 2. The Morgan fingerprint density at radius 1 is 1.20 bits per heavy atom. The number of pyridine rings is 1. The number of hydrogen-bond acceptors (Lipinski definition) is 6. The third kappa shape index (κ3) is 3.63. The van der Waals surface area contributed by atoms with E-state index in [4.69, 9.17) is 10.5 Å². The molecule has 0 aliphatic carbocycles. The molecule has 8 heteroatoms. The van der Waals surface area contributed by atoms with Crippen LogP contribution < -0.4 is 15.8 Å². The van der Waals surface area contributed by atoms with Gasteiger partial charge in [0, 0.05) is 30.1 Å². The summed E-state index contributed by atoms with van der Waals surface area (Å²) in [6.07, 6.45) is 3.12. The van der Waals surface area contributed by atoms with Crippen LogP contribution in [0.25, 0.3) is 11.5 Å². The zero-order valence-corrected chi connectivity index (χ0v) is 13.3. The van der Waals surface area contributed by atoms with Crippen LogP contribution in [0.2, 0.25) is 0 Å². The minimum Gasteiger partial charge on any atom is -0.491 e. The van der Waals surface area contributed by atoms with Gasteiger partial charge in [0.05, 0.1) is 13.3 Å². The van der Waals surface area contributed by atoms with Crippen molar-refractivity contribution in [3.8, 4) is 17.3 Å². The molecule has 0 fully saturated rings. The summed E-state index contributed by atoms with van der Waals surface area (Å²) in [5.74, 6) is -0.350. The van der Waals surface area contributed by atoms with Crippen LogP contribution in [0.15, 0.2) is 42.7 Å². The van der Waals surface area contributed by atoms with Crippen LogP contribution >= 0.6 is 0 Å². The molecular weight excluding hydrogens is 328 g/mol. The number of rotatable bonds is 5.